The lowest BCUT2D eigenvalue weighted by molar-refractivity contribution is 0.0169. The van der Waals surface area contributed by atoms with Gasteiger partial charge in [-0.1, -0.05) is 19.1 Å². The highest BCUT2D eigenvalue weighted by atomic mass is 19.1. The van der Waals surface area contributed by atoms with Crippen LogP contribution >= 0.6 is 0 Å². The van der Waals surface area contributed by atoms with Gasteiger partial charge in [-0.2, -0.15) is 0 Å². The Hall–Kier alpha value is -1.70. The molecule has 2 aliphatic rings. The van der Waals surface area contributed by atoms with Gasteiger partial charge in [-0.3, -0.25) is 9.89 Å². The van der Waals surface area contributed by atoms with E-state index in [4.69, 9.17) is 4.74 Å². The molecule has 0 aromatic heterocycles. The summed E-state index contributed by atoms with van der Waals surface area (Å²) in [6.07, 6.45) is 3.49. The van der Waals surface area contributed by atoms with Gasteiger partial charge in [-0.05, 0) is 43.5 Å². The second-order valence-corrected chi connectivity index (χ2v) is 7.93. The molecule has 0 bridgehead atoms. The molecule has 1 atom stereocenters. The SMILES string of the molecule is CCCN1CCC(NC(=NC)NCC(c2cccc(F)c2)N2CCOCC2)CC1. The molecule has 2 saturated heterocycles. The maximum Gasteiger partial charge on any atom is 0.191 e. The molecule has 0 radical (unpaired) electrons. The van der Waals surface area contributed by atoms with Crippen molar-refractivity contribution in [1.82, 2.24) is 20.4 Å². The molecule has 0 spiro atoms. The van der Waals surface area contributed by atoms with Crippen LogP contribution in [-0.2, 0) is 4.74 Å². The zero-order valence-electron chi connectivity index (χ0n) is 17.9. The Balaban J connectivity index is 1.57. The van der Waals surface area contributed by atoms with Crippen LogP contribution in [0.3, 0.4) is 0 Å². The zero-order chi connectivity index (χ0) is 20.5. The van der Waals surface area contributed by atoms with E-state index < -0.39 is 0 Å². The number of morpholine rings is 1. The van der Waals surface area contributed by atoms with E-state index in [0.29, 0.717) is 12.6 Å². The van der Waals surface area contributed by atoms with Gasteiger partial charge in [-0.15, -0.1) is 0 Å². The van der Waals surface area contributed by atoms with E-state index in [0.717, 1.165) is 63.8 Å². The molecule has 162 valence electrons. The highest BCUT2D eigenvalue weighted by molar-refractivity contribution is 5.80. The van der Waals surface area contributed by atoms with Gasteiger partial charge in [0, 0.05) is 45.8 Å². The first-order valence-corrected chi connectivity index (χ1v) is 11.0. The molecule has 0 saturated carbocycles. The number of halogens is 1. The minimum atomic E-state index is -0.192. The van der Waals surface area contributed by atoms with E-state index in [1.807, 2.05) is 13.1 Å². The van der Waals surface area contributed by atoms with Crippen molar-refractivity contribution in [2.24, 2.45) is 4.99 Å². The van der Waals surface area contributed by atoms with Gasteiger partial charge < -0.3 is 20.3 Å². The van der Waals surface area contributed by atoms with E-state index in [-0.39, 0.29) is 11.9 Å². The van der Waals surface area contributed by atoms with E-state index in [1.54, 1.807) is 12.1 Å². The van der Waals surface area contributed by atoms with Crippen LogP contribution in [0.4, 0.5) is 4.39 Å². The van der Waals surface area contributed by atoms with Gasteiger partial charge in [-0.25, -0.2) is 4.39 Å². The topological polar surface area (TPSA) is 52.1 Å². The molecule has 29 heavy (non-hydrogen) atoms. The first kappa shape index (κ1) is 22.0. The Bertz CT molecular complexity index is 642. The second kappa shape index (κ2) is 11.5. The van der Waals surface area contributed by atoms with Crippen molar-refractivity contribution in [3.63, 3.8) is 0 Å². The van der Waals surface area contributed by atoms with Crippen LogP contribution < -0.4 is 10.6 Å². The molecule has 0 amide bonds. The third kappa shape index (κ3) is 6.66. The molecule has 2 N–H and O–H groups in total. The van der Waals surface area contributed by atoms with Gasteiger partial charge in [0.05, 0.1) is 19.3 Å². The van der Waals surface area contributed by atoms with Gasteiger partial charge in [0.25, 0.3) is 0 Å². The number of benzene rings is 1. The molecule has 6 nitrogen and oxygen atoms in total. The molecule has 7 heteroatoms. The Morgan fingerprint density at radius 2 is 2.00 bits per heavy atom. The molecule has 2 fully saturated rings. The van der Waals surface area contributed by atoms with Crippen molar-refractivity contribution in [3.8, 4) is 0 Å². The number of nitrogens with one attached hydrogen (secondary N) is 2. The number of hydrogen-bond acceptors (Lipinski definition) is 4. The maximum atomic E-state index is 13.9. The fourth-order valence-electron chi connectivity index (χ4n) is 4.26. The Kier molecular flexibility index (Phi) is 8.70. The monoisotopic (exact) mass is 405 g/mol. The summed E-state index contributed by atoms with van der Waals surface area (Å²) in [7, 11) is 1.81. The average Bonchev–Trinajstić information content (AvgIpc) is 2.75. The normalized spacial score (nSPS) is 21.1. The molecule has 2 aliphatic heterocycles. The highest BCUT2D eigenvalue weighted by Gasteiger charge is 2.24. The zero-order valence-corrected chi connectivity index (χ0v) is 17.9. The van der Waals surface area contributed by atoms with Crippen LogP contribution in [-0.4, -0.2) is 81.3 Å². The molecule has 2 heterocycles. The minimum absolute atomic E-state index is 0.0829. The number of aliphatic imine (C=N–C) groups is 1. The van der Waals surface area contributed by atoms with Crippen molar-refractivity contribution >= 4 is 5.96 Å². The van der Waals surface area contributed by atoms with Crippen molar-refractivity contribution in [2.75, 3.05) is 59.5 Å². The largest absolute Gasteiger partial charge is 0.379 e. The van der Waals surface area contributed by atoms with E-state index >= 15 is 0 Å². The van der Waals surface area contributed by atoms with E-state index in [2.05, 4.69) is 32.3 Å². The number of ether oxygens (including phenoxy) is 1. The van der Waals surface area contributed by atoms with Crippen molar-refractivity contribution < 1.29 is 9.13 Å². The average molecular weight is 406 g/mol. The van der Waals surface area contributed by atoms with Crippen LogP contribution in [0, 0.1) is 5.82 Å². The summed E-state index contributed by atoms with van der Waals surface area (Å²) in [6.45, 7) is 9.52. The quantitative estimate of drug-likeness (QED) is 0.538. The summed E-state index contributed by atoms with van der Waals surface area (Å²) in [6, 6.07) is 7.46. The summed E-state index contributed by atoms with van der Waals surface area (Å²) in [5.41, 5.74) is 0.989. The van der Waals surface area contributed by atoms with E-state index in [9.17, 15) is 4.39 Å². The predicted octanol–water partition coefficient (Wildman–Crippen LogP) is 2.24. The maximum absolute atomic E-state index is 13.9. The van der Waals surface area contributed by atoms with Crippen LogP contribution in [0.5, 0.6) is 0 Å². The van der Waals surface area contributed by atoms with Crippen molar-refractivity contribution in [1.29, 1.82) is 0 Å². The van der Waals surface area contributed by atoms with Gasteiger partial charge in [0.1, 0.15) is 5.82 Å². The second-order valence-electron chi connectivity index (χ2n) is 7.93. The summed E-state index contributed by atoms with van der Waals surface area (Å²) in [5.74, 6) is 0.635. The molecular weight excluding hydrogens is 369 g/mol. The van der Waals surface area contributed by atoms with Crippen LogP contribution in [0.25, 0.3) is 0 Å². The fourth-order valence-corrected chi connectivity index (χ4v) is 4.26. The van der Waals surface area contributed by atoms with Crippen LogP contribution in [0.15, 0.2) is 29.3 Å². The third-order valence-corrected chi connectivity index (χ3v) is 5.87. The molecular formula is C22H36FN5O. The number of likely N-dealkylation sites (tertiary alicyclic amines) is 1. The smallest absolute Gasteiger partial charge is 0.191 e. The number of nitrogens with zero attached hydrogens (tertiary/aromatic N) is 3. The van der Waals surface area contributed by atoms with Crippen LogP contribution in [0.1, 0.15) is 37.8 Å². The van der Waals surface area contributed by atoms with Crippen LogP contribution in [0.2, 0.25) is 0 Å². The van der Waals surface area contributed by atoms with Gasteiger partial charge in [0.2, 0.25) is 0 Å². The predicted molar refractivity (Wildman–Crippen MR) is 116 cm³/mol. The molecule has 1 unspecified atom stereocenters. The minimum Gasteiger partial charge on any atom is -0.379 e. The van der Waals surface area contributed by atoms with Gasteiger partial charge >= 0.3 is 0 Å². The Morgan fingerprint density at radius 1 is 1.24 bits per heavy atom. The van der Waals surface area contributed by atoms with Crippen molar-refractivity contribution in [2.45, 2.75) is 38.3 Å². The first-order valence-electron chi connectivity index (χ1n) is 11.0. The van der Waals surface area contributed by atoms with E-state index in [1.165, 1.54) is 19.0 Å². The summed E-state index contributed by atoms with van der Waals surface area (Å²) in [5, 5.41) is 7.07. The molecule has 1 aromatic carbocycles. The molecule has 0 aliphatic carbocycles. The first-order chi connectivity index (χ1) is 14.2. The highest BCUT2D eigenvalue weighted by Crippen LogP contribution is 2.22. The number of rotatable bonds is 7. The fraction of sp³-hybridized carbons (Fsp3) is 0.682. The summed E-state index contributed by atoms with van der Waals surface area (Å²) in [4.78, 5) is 9.33. The lowest BCUT2D eigenvalue weighted by Crippen LogP contribution is -2.51. The summed E-state index contributed by atoms with van der Waals surface area (Å²) < 4.78 is 19.4. The van der Waals surface area contributed by atoms with Crippen molar-refractivity contribution in [3.05, 3.63) is 35.6 Å². The standard InChI is InChI=1S/C22H36FN5O/c1-3-9-27-10-7-20(8-11-27)26-22(24-2)25-17-21(28-12-14-29-15-13-28)18-5-4-6-19(23)16-18/h4-6,16,20-21H,3,7-15,17H2,1-2H3,(H2,24,25,26). The third-order valence-electron chi connectivity index (χ3n) is 5.87. The van der Waals surface area contributed by atoms with Gasteiger partial charge in [0.15, 0.2) is 5.96 Å². The Morgan fingerprint density at radius 3 is 2.66 bits per heavy atom. The number of guanidine groups is 1. The molecule has 1 aromatic rings. The lowest BCUT2D eigenvalue weighted by atomic mass is 10.0. The summed E-state index contributed by atoms with van der Waals surface area (Å²) >= 11 is 0. The number of piperidine rings is 1. The lowest BCUT2D eigenvalue weighted by Gasteiger charge is -2.36. The molecule has 3 rings (SSSR count). The number of hydrogen-bond donors (Lipinski definition) is 2. The Labute approximate surface area is 174 Å².